The highest BCUT2D eigenvalue weighted by Gasteiger charge is 2.22. The Hall–Kier alpha value is -2.50. The van der Waals surface area contributed by atoms with Crippen molar-refractivity contribution in [2.24, 2.45) is 0 Å². The van der Waals surface area contributed by atoms with Gasteiger partial charge in [0, 0.05) is 23.1 Å². The van der Waals surface area contributed by atoms with Crippen LogP contribution < -0.4 is 0 Å². The third-order valence-corrected chi connectivity index (χ3v) is 5.49. The molecule has 26 heavy (non-hydrogen) atoms. The minimum absolute atomic E-state index is 0.448. The van der Waals surface area contributed by atoms with Crippen LogP contribution in [0.3, 0.4) is 0 Å². The van der Waals surface area contributed by atoms with Crippen LogP contribution in [0.1, 0.15) is 16.3 Å². The molecule has 0 unspecified atom stereocenters. The summed E-state index contributed by atoms with van der Waals surface area (Å²) in [7, 11) is 0. The van der Waals surface area contributed by atoms with Gasteiger partial charge in [-0.3, -0.25) is 4.90 Å². The molecule has 0 spiro atoms. The van der Waals surface area contributed by atoms with Crippen molar-refractivity contribution in [2.75, 3.05) is 26.3 Å². The van der Waals surface area contributed by atoms with Gasteiger partial charge in [0.1, 0.15) is 10.7 Å². The normalized spacial score (nSPS) is 15.6. The molecule has 0 aliphatic carbocycles. The van der Waals surface area contributed by atoms with Crippen LogP contribution in [-0.4, -0.2) is 60.9 Å². The molecule has 0 bridgehead atoms. The van der Waals surface area contributed by atoms with Crippen molar-refractivity contribution >= 4 is 27.5 Å². The number of hydrogen-bond acceptors (Lipinski definition) is 9. The maximum atomic E-state index is 10.9. The maximum Gasteiger partial charge on any atom is 0.491 e. The van der Waals surface area contributed by atoms with Gasteiger partial charge >= 0.3 is 5.95 Å². The van der Waals surface area contributed by atoms with Gasteiger partial charge in [0.05, 0.1) is 25.1 Å². The Balaban J connectivity index is 1.81. The predicted octanol–water partition coefficient (Wildman–Crippen LogP) is 1.63. The van der Waals surface area contributed by atoms with Crippen molar-refractivity contribution in [3.8, 4) is 5.82 Å². The first-order chi connectivity index (χ1) is 12.5. The molecule has 1 aliphatic rings. The van der Waals surface area contributed by atoms with Gasteiger partial charge in [-0.2, -0.15) is 0 Å². The molecule has 136 valence electrons. The molecule has 0 aromatic carbocycles. The van der Waals surface area contributed by atoms with E-state index in [1.165, 1.54) is 11.0 Å². The highest BCUT2D eigenvalue weighted by Crippen LogP contribution is 2.32. The standard InChI is InChI=1S/C15H17N7O3S/c1-9-10(2)26-14-12(9)13(21-8-16-15(19-21)22(23)24)17-11(18-14)7-20-3-5-25-6-4-20/h8H,3-7H2,1-2H3. The van der Waals surface area contributed by atoms with Crippen LogP contribution in [0.4, 0.5) is 5.95 Å². The van der Waals surface area contributed by atoms with Gasteiger partial charge in [-0.1, -0.05) is 4.98 Å². The van der Waals surface area contributed by atoms with Crippen LogP contribution >= 0.6 is 11.3 Å². The largest absolute Gasteiger partial charge is 0.491 e. The second-order valence-electron chi connectivity index (χ2n) is 6.06. The fourth-order valence-electron chi connectivity index (χ4n) is 2.91. The number of thiophene rings is 1. The number of ether oxygens (including phenoxy) is 1. The van der Waals surface area contributed by atoms with Crippen LogP contribution in [0.15, 0.2) is 6.33 Å². The Labute approximate surface area is 152 Å². The Bertz CT molecular complexity index is 977. The number of rotatable bonds is 4. The van der Waals surface area contributed by atoms with E-state index in [2.05, 4.69) is 20.0 Å². The molecule has 4 heterocycles. The lowest BCUT2D eigenvalue weighted by Crippen LogP contribution is -2.36. The quantitative estimate of drug-likeness (QED) is 0.499. The molecule has 1 saturated heterocycles. The molecule has 1 fully saturated rings. The molecule has 10 nitrogen and oxygen atoms in total. The van der Waals surface area contributed by atoms with E-state index < -0.39 is 10.9 Å². The molecule has 0 radical (unpaired) electrons. The number of fused-ring (bicyclic) bond motifs is 1. The topological polar surface area (TPSA) is 112 Å². The second-order valence-corrected chi connectivity index (χ2v) is 7.26. The van der Waals surface area contributed by atoms with Gasteiger partial charge in [0.25, 0.3) is 0 Å². The van der Waals surface area contributed by atoms with Gasteiger partial charge in [-0.25, -0.2) is 9.97 Å². The first kappa shape index (κ1) is 16.9. The van der Waals surface area contributed by atoms with E-state index in [4.69, 9.17) is 9.72 Å². The summed E-state index contributed by atoms with van der Waals surface area (Å²) >= 11 is 1.59. The lowest BCUT2D eigenvalue weighted by molar-refractivity contribution is -0.394. The van der Waals surface area contributed by atoms with Gasteiger partial charge < -0.3 is 14.9 Å². The maximum absolute atomic E-state index is 10.9. The molecule has 4 rings (SSSR count). The number of aryl methyl sites for hydroxylation is 2. The molecule has 0 atom stereocenters. The Morgan fingerprint density at radius 1 is 1.31 bits per heavy atom. The van der Waals surface area contributed by atoms with E-state index in [0.717, 1.165) is 33.7 Å². The molecule has 1 aliphatic heterocycles. The van der Waals surface area contributed by atoms with Crippen molar-refractivity contribution in [1.82, 2.24) is 29.6 Å². The predicted molar refractivity (Wildman–Crippen MR) is 94.6 cm³/mol. The molecule has 3 aromatic heterocycles. The second kappa shape index (κ2) is 6.67. The van der Waals surface area contributed by atoms with Gasteiger partial charge in [0.15, 0.2) is 5.82 Å². The molecule has 0 saturated carbocycles. The number of nitrogens with zero attached hydrogens (tertiary/aromatic N) is 7. The Morgan fingerprint density at radius 2 is 2.08 bits per heavy atom. The fourth-order valence-corrected chi connectivity index (χ4v) is 3.95. The third-order valence-electron chi connectivity index (χ3n) is 4.38. The first-order valence-corrected chi connectivity index (χ1v) is 8.97. The zero-order valence-corrected chi connectivity index (χ0v) is 15.2. The fraction of sp³-hybridized carbons (Fsp3) is 0.467. The molecular weight excluding hydrogens is 358 g/mol. The monoisotopic (exact) mass is 375 g/mol. The summed E-state index contributed by atoms with van der Waals surface area (Å²) in [5, 5.41) is 15.7. The average molecular weight is 375 g/mol. The average Bonchev–Trinajstić information content (AvgIpc) is 3.21. The summed E-state index contributed by atoms with van der Waals surface area (Å²) in [5.74, 6) is 0.741. The summed E-state index contributed by atoms with van der Waals surface area (Å²) in [6.07, 6.45) is 1.32. The van der Waals surface area contributed by atoms with Gasteiger partial charge in [-0.15, -0.1) is 16.0 Å². The smallest absolute Gasteiger partial charge is 0.390 e. The zero-order valence-electron chi connectivity index (χ0n) is 14.4. The molecule has 0 amide bonds. The van der Waals surface area contributed by atoms with Crippen molar-refractivity contribution < 1.29 is 9.66 Å². The minimum atomic E-state index is -0.616. The lowest BCUT2D eigenvalue weighted by atomic mass is 10.2. The van der Waals surface area contributed by atoms with E-state index in [1.807, 2.05) is 13.8 Å². The zero-order chi connectivity index (χ0) is 18.3. The summed E-state index contributed by atoms with van der Waals surface area (Å²) < 4.78 is 6.74. The highest BCUT2D eigenvalue weighted by molar-refractivity contribution is 7.18. The number of hydrogen-bond donors (Lipinski definition) is 0. The van der Waals surface area contributed by atoms with E-state index in [1.54, 1.807) is 11.3 Å². The number of morpholine rings is 1. The van der Waals surface area contributed by atoms with E-state index in [-0.39, 0.29) is 0 Å². The molecule has 0 N–H and O–H groups in total. The summed E-state index contributed by atoms with van der Waals surface area (Å²) in [5.41, 5.74) is 1.05. The van der Waals surface area contributed by atoms with E-state index >= 15 is 0 Å². The van der Waals surface area contributed by atoms with Crippen molar-refractivity contribution in [3.05, 3.63) is 32.7 Å². The van der Waals surface area contributed by atoms with E-state index in [0.29, 0.717) is 31.4 Å². The SMILES string of the molecule is Cc1sc2nc(CN3CCOCC3)nc(-n3cnc([N+](=O)[O-])n3)c2c1C. The molecular formula is C15H17N7O3S. The molecule has 3 aromatic rings. The Kier molecular flexibility index (Phi) is 4.34. The third kappa shape index (κ3) is 3.04. The number of nitro groups is 1. The van der Waals surface area contributed by atoms with Crippen LogP contribution in [0.5, 0.6) is 0 Å². The summed E-state index contributed by atoms with van der Waals surface area (Å²) in [6.45, 7) is 7.66. The van der Waals surface area contributed by atoms with Crippen LogP contribution in [0, 0.1) is 24.0 Å². The first-order valence-electron chi connectivity index (χ1n) is 8.16. The van der Waals surface area contributed by atoms with Gasteiger partial charge in [-0.05, 0) is 24.3 Å². The van der Waals surface area contributed by atoms with Crippen LogP contribution in [0.2, 0.25) is 0 Å². The van der Waals surface area contributed by atoms with Crippen LogP contribution in [0.25, 0.3) is 16.0 Å². The van der Waals surface area contributed by atoms with Crippen molar-refractivity contribution in [1.29, 1.82) is 0 Å². The number of aromatic nitrogens is 5. The highest BCUT2D eigenvalue weighted by atomic mass is 32.1. The Morgan fingerprint density at radius 3 is 2.77 bits per heavy atom. The van der Waals surface area contributed by atoms with E-state index in [9.17, 15) is 10.1 Å². The van der Waals surface area contributed by atoms with Crippen molar-refractivity contribution in [3.63, 3.8) is 0 Å². The summed E-state index contributed by atoms with van der Waals surface area (Å²) in [6, 6.07) is 0. The van der Waals surface area contributed by atoms with Crippen LogP contribution in [-0.2, 0) is 11.3 Å². The summed E-state index contributed by atoms with van der Waals surface area (Å²) in [4.78, 5) is 27.6. The molecule has 11 heteroatoms. The van der Waals surface area contributed by atoms with Crippen molar-refractivity contribution in [2.45, 2.75) is 20.4 Å². The van der Waals surface area contributed by atoms with Gasteiger partial charge in [0.2, 0.25) is 6.33 Å². The lowest BCUT2D eigenvalue weighted by Gasteiger charge is -2.25. The minimum Gasteiger partial charge on any atom is -0.390 e.